The summed E-state index contributed by atoms with van der Waals surface area (Å²) in [7, 11) is 0. The molecule has 6 nitrogen and oxygen atoms in total. The van der Waals surface area contributed by atoms with Gasteiger partial charge in [0.2, 0.25) is 5.95 Å². The van der Waals surface area contributed by atoms with Crippen molar-refractivity contribution in [2.24, 2.45) is 0 Å². The van der Waals surface area contributed by atoms with Crippen molar-refractivity contribution in [1.82, 2.24) is 14.9 Å². The van der Waals surface area contributed by atoms with Gasteiger partial charge in [-0.3, -0.25) is 0 Å². The summed E-state index contributed by atoms with van der Waals surface area (Å²) in [5.41, 5.74) is 11.1. The van der Waals surface area contributed by atoms with Gasteiger partial charge < -0.3 is 21.7 Å². The molecule has 2 rings (SSSR count). The van der Waals surface area contributed by atoms with E-state index in [9.17, 15) is 0 Å². The van der Waals surface area contributed by atoms with Gasteiger partial charge in [0.05, 0.1) is 0 Å². The van der Waals surface area contributed by atoms with E-state index in [0.717, 1.165) is 13.1 Å². The summed E-state index contributed by atoms with van der Waals surface area (Å²) >= 11 is 0. The molecule has 6 heteroatoms. The number of hydrogen-bond donors (Lipinski definition) is 3. The van der Waals surface area contributed by atoms with E-state index in [1.165, 1.54) is 25.9 Å². The minimum Gasteiger partial charge on any atom is -0.383 e. The highest BCUT2D eigenvalue weighted by Gasteiger charge is 2.10. The largest absolute Gasteiger partial charge is 0.383 e. The van der Waals surface area contributed by atoms with Crippen molar-refractivity contribution >= 4 is 17.6 Å². The van der Waals surface area contributed by atoms with Crippen molar-refractivity contribution in [3.8, 4) is 0 Å². The fourth-order valence-corrected chi connectivity index (χ4v) is 1.92. The van der Waals surface area contributed by atoms with Crippen molar-refractivity contribution in [3.05, 3.63) is 6.07 Å². The van der Waals surface area contributed by atoms with Gasteiger partial charge in [0.15, 0.2) is 0 Å². The van der Waals surface area contributed by atoms with E-state index >= 15 is 0 Å². The molecule has 0 atom stereocenters. The summed E-state index contributed by atoms with van der Waals surface area (Å²) in [5.74, 6) is 1.31. The van der Waals surface area contributed by atoms with Crippen LogP contribution in [0.4, 0.5) is 17.6 Å². The first-order valence-electron chi connectivity index (χ1n) is 5.60. The Kier molecular flexibility index (Phi) is 3.40. The van der Waals surface area contributed by atoms with E-state index in [-0.39, 0.29) is 5.95 Å². The van der Waals surface area contributed by atoms with Crippen LogP contribution in [0.3, 0.4) is 0 Å². The molecule has 1 aliphatic rings. The predicted molar refractivity (Wildman–Crippen MR) is 65.0 cm³/mol. The molecule has 0 bridgehead atoms. The second-order valence-electron chi connectivity index (χ2n) is 4.01. The Morgan fingerprint density at radius 3 is 2.69 bits per heavy atom. The van der Waals surface area contributed by atoms with Crippen molar-refractivity contribution in [3.63, 3.8) is 0 Å². The Morgan fingerprint density at radius 1 is 1.25 bits per heavy atom. The molecule has 0 radical (unpaired) electrons. The van der Waals surface area contributed by atoms with Crippen LogP contribution in [0.2, 0.25) is 0 Å². The number of nitrogens with one attached hydrogen (secondary N) is 1. The average molecular weight is 222 g/mol. The molecule has 1 saturated heterocycles. The minimum absolute atomic E-state index is 0.212. The van der Waals surface area contributed by atoms with E-state index in [0.29, 0.717) is 11.6 Å². The summed E-state index contributed by atoms with van der Waals surface area (Å²) in [6.07, 6.45) is 2.63. The maximum atomic E-state index is 5.57. The third-order valence-electron chi connectivity index (χ3n) is 2.70. The molecular formula is C10H18N6. The molecule has 0 saturated carbocycles. The predicted octanol–water partition coefficient (Wildman–Crippen LogP) is 0.149. The number of nitrogens with zero attached hydrogens (tertiary/aromatic N) is 3. The Morgan fingerprint density at radius 2 is 2.00 bits per heavy atom. The summed E-state index contributed by atoms with van der Waals surface area (Å²) < 4.78 is 0. The first-order valence-corrected chi connectivity index (χ1v) is 5.60. The number of rotatable bonds is 4. The number of nitrogens with two attached hydrogens (primary N) is 2. The van der Waals surface area contributed by atoms with Crippen LogP contribution in [0.15, 0.2) is 6.07 Å². The van der Waals surface area contributed by atoms with E-state index < -0.39 is 0 Å². The standard InChI is InChI=1S/C10H18N6/c11-8-7-9(15-10(12)14-8)13-3-6-16-4-1-2-5-16/h7H,1-6H2,(H5,11,12,13,14,15). The van der Waals surface area contributed by atoms with Gasteiger partial charge in [-0.25, -0.2) is 0 Å². The molecule has 1 aliphatic heterocycles. The molecule has 88 valence electrons. The molecule has 5 N–H and O–H groups in total. The molecule has 1 fully saturated rings. The van der Waals surface area contributed by atoms with Gasteiger partial charge in [-0.05, 0) is 25.9 Å². The number of hydrogen-bond acceptors (Lipinski definition) is 6. The van der Waals surface area contributed by atoms with Crippen molar-refractivity contribution in [1.29, 1.82) is 0 Å². The second-order valence-corrected chi connectivity index (χ2v) is 4.01. The lowest BCUT2D eigenvalue weighted by molar-refractivity contribution is 0.352. The maximum Gasteiger partial charge on any atom is 0.223 e. The van der Waals surface area contributed by atoms with Crippen LogP contribution < -0.4 is 16.8 Å². The van der Waals surface area contributed by atoms with Crippen molar-refractivity contribution < 1.29 is 0 Å². The Labute approximate surface area is 95.0 Å². The van der Waals surface area contributed by atoms with Gasteiger partial charge >= 0.3 is 0 Å². The molecule has 2 heterocycles. The second kappa shape index (κ2) is 4.98. The maximum absolute atomic E-state index is 5.57. The molecule has 1 aromatic heterocycles. The lowest BCUT2D eigenvalue weighted by Gasteiger charge is -2.15. The van der Waals surface area contributed by atoms with Crippen LogP contribution in [0.1, 0.15) is 12.8 Å². The van der Waals surface area contributed by atoms with Crippen LogP contribution in [-0.4, -0.2) is 41.0 Å². The molecule has 1 aromatic rings. The highest BCUT2D eigenvalue weighted by atomic mass is 15.2. The lowest BCUT2D eigenvalue weighted by atomic mass is 10.4. The van der Waals surface area contributed by atoms with Gasteiger partial charge in [0, 0.05) is 19.2 Å². The SMILES string of the molecule is Nc1cc(NCCN2CCCC2)nc(N)n1. The van der Waals surface area contributed by atoms with Gasteiger partial charge in [-0.15, -0.1) is 0 Å². The topological polar surface area (TPSA) is 93.1 Å². The Bertz CT molecular complexity index is 327. The zero-order valence-electron chi connectivity index (χ0n) is 9.32. The third-order valence-corrected chi connectivity index (χ3v) is 2.70. The van der Waals surface area contributed by atoms with E-state index in [1.54, 1.807) is 6.07 Å². The monoisotopic (exact) mass is 222 g/mol. The normalized spacial score (nSPS) is 16.5. The molecule has 0 amide bonds. The molecule has 0 spiro atoms. The molecule has 0 unspecified atom stereocenters. The Balaban J connectivity index is 1.80. The highest BCUT2D eigenvalue weighted by Crippen LogP contribution is 2.10. The van der Waals surface area contributed by atoms with Gasteiger partial charge in [-0.1, -0.05) is 0 Å². The number of anilines is 3. The zero-order chi connectivity index (χ0) is 11.4. The quantitative estimate of drug-likeness (QED) is 0.671. The van der Waals surface area contributed by atoms with Crippen LogP contribution in [0.5, 0.6) is 0 Å². The number of likely N-dealkylation sites (tertiary alicyclic amines) is 1. The summed E-state index contributed by atoms with van der Waals surface area (Å²) in [6, 6.07) is 1.69. The fourth-order valence-electron chi connectivity index (χ4n) is 1.92. The van der Waals surface area contributed by atoms with Crippen LogP contribution in [0.25, 0.3) is 0 Å². The summed E-state index contributed by atoms with van der Waals surface area (Å²) in [6.45, 7) is 4.30. The van der Waals surface area contributed by atoms with Gasteiger partial charge in [-0.2, -0.15) is 9.97 Å². The zero-order valence-corrected chi connectivity index (χ0v) is 9.32. The minimum atomic E-state index is 0.212. The van der Waals surface area contributed by atoms with E-state index in [4.69, 9.17) is 11.5 Å². The third kappa shape index (κ3) is 2.96. The molecule has 0 aliphatic carbocycles. The van der Waals surface area contributed by atoms with Crippen LogP contribution >= 0.6 is 0 Å². The smallest absolute Gasteiger partial charge is 0.223 e. The lowest BCUT2D eigenvalue weighted by Crippen LogP contribution is -2.26. The fraction of sp³-hybridized carbons (Fsp3) is 0.600. The van der Waals surface area contributed by atoms with Crippen LogP contribution in [-0.2, 0) is 0 Å². The summed E-state index contributed by atoms with van der Waals surface area (Å²) in [4.78, 5) is 10.3. The first-order chi connectivity index (χ1) is 7.74. The average Bonchev–Trinajstić information content (AvgIpc) is 2.69. The van der Waals surface area contributed by atoms with Crippen LogP contribution in [0, 0.1) is 0 Å². The van der Waals surface area contributed by atoms with E-state index in [2.05, 4.69) is 20.2 Å². The highest BCUT2D eigenvalue weighted by molar-refractivity contribution is 5.48. The number of aromatic nitrogens is 2. The van der Waals surface area contributed by atoms with Gasteiger partial charge in [0.25, 0.3) is 0 Å². The van der Waals surface area contributed by atoms with Gasteiger partial charge in [0.1, 0.15) is 11.6 Å². The molecule has 0 aromatic carbocycles. The summed E-state index contributed by atoms with van der Waals surface area (Å²) in [5, 5.41) is 3.20. The van der Waals surface area contributed by atoms with Crippen molar-refractivity contribution in [2.45, 2.75) is 12.8 Å². The molecule has 16 heavy (non-hydrogen) atoms. The first kappa shape index (κ1) is 10.9. The van der Waals surface area contributed by atoms with Crippen molar-refractivity contribution in [2.75, 3.05) is 43.0 Å². The Hall–Kier alpha value is -1.56. The molecular weight excluding hydrogens is 204 g/mol. The number of nitrogen functional groups attached to an aromatic ring is 2. The van der Waals surface area contributed by atoms with E-state index in [1.807, 2.05) is 0 Å².